The SMILES string of the molecule is CC=CCc1nc(-c2cc(C(=O)O)ccc2O)no1. The van der Waals surface area contributed by atoms with Crippen LogP contribution in [0.25, 0.3) is 11.4 Å². The van der Waals surface area contributed by atoms with Crippen molar-refractivity contribution in [1.29, 1.82) is 0 Å². The van der Waals surface area contributed by atoms with E-state index in [4.69, 9.17) is 9.63 Å². The van der Waals surface area contributed by atoms with Crippen LogP contribution in [0, 0.1) is 0 Å². The van der Waals surface area contributed by atoms with Crippen LogP contribution >= 0.6 is 0 Å². The van der Waals surface area contributed by atoms with Gasteiger partial charge in [0.25, 0.3) is 0 Å². The Labute approximate surface area is 109 Å². The van der Waals surface area contributed by atoms with Crippen molar-refractivity contribution in [3.8, 4) is 17.1 Å². The lowest BCUT2D eigenvalue weighted by molar-refractivity contribution is 0.0697. The number of aromatic nitrogens is 2. The number of phenols is 1. The van der Waals surface area contributed by atoms with Crippen molar-refractivity contribution in [3.63, 3.8) is 0 Å². The molecule has 0 radical (unpaired) electrons. The predicted molar refractivity (Wildman–Crippen MR) is 66.9 cm³/mol. The number of benzene rings is 1. The molecule has 1 heterocycles. The monoisotopic (exact) mass is 260 g/mol. The Kier molecular flexibility index (Phi) is 3.61. The summed E-state index contributed by atoms with van der Waals surface area (Å²) in [5.41, 5.74) is 0.281. The van der Waals surface area contributed by atoms with E-state index in [1.165, 1.54) is 18.2 Å². The normalized spacial score (nSPS) is 11.0. The number of carboxylic acids is 1. The molecule has 0 atom stereocenters. The summed E-state index contributed by atoms with van der Waals surface area (Å²) in [6, 6.07) is 3.91. The topological polar surface area (TPSA) is 96.5 Å². The van der Waals surface area contributed by atoms with Gasteiger partial charge in [-0.05, 0) is 25.1 Å². The molecule has 6 nitrogen and oxygen atoms in total. The summed E-state index contributed by atoms with van der Waals surface area (Å²) in [5, 5.41) is 22.4. The smallest absolute Gasteiger partial charge is 0.335 e. The number of nitrogens with zero attached hydrogens (tertiary/aromatic N) is 2. The maximum Gasteiger partial charge on any atom is 0.335 e. The van der Waals surface area contributed by atoms with Crippen LogP contribution in [-0.4, -0.2) is 26.3 Å². The molecule has 0 aliphatic rings. The molecule has 0 amide bonds. The number of hydrogen-bond acceptors (Lipinski definition) is 5. The number of hydrogen-bond donors (Lipinski definition) is 2. The zero-order valence-electron chi connectivity index (χ0n) is 10.2. The van der Waals surface area contributed by atoms with E-state index in [1.807, 2.05) is 19.1 Å². The highest BCUT2D eigenvalue weighted by Crippen LogP contribution is 2.28. The summed E-state index contributed by atoms with van der Waals surface area (Å²) in [4.78, 5) is 15.0. The molecule has 0 fully saturated rings. The van der Waals surface area contributed by atoms with Gasteiger partial charge in [-0.3, -0.25) is 0 Å². The van der Waals surface area contributed by atoms with Gasteiger partial charge in [-0.2, -0.15) is 4.98 Å². The second-order valence-corrected chi connectivity index (χ2v) is 3.82. The van der Waals surface area contributed by atoms with Gasteiger partial charge in [0.15, 0.2) is 0 Å². The third kappa shape index (κ3) is 2.79. The number of aromatic carboxylic acids is 1. The zero-order valence-corrected chi connectivity index (χ0v) is 10.2. The standard InChI is InChI=1S/C13H12N2O4/c1-2-3-4-11-14-12(15-19-11)9-7-8(13(17)18)5-6-10(9)16/h2-3,5-7,16H,4H2,1H3,(H,17,18). The van der Waals surface area contributed by atoms with Crippen molar-refractivity contribution >= 4 is 5.97 Å². The van der Waals surface area contributed by atoms with Crippen molar-refractivity contribution in [1.82, 2.24) is 10.1 Å². The van der Waals surface area contributed by atoms with E-state index in [0.717, 1.165) is 0 Å². The van der Waals surface area contributed by atoms with E-state index in [1.54, 1.807) is 0 Å². The lowest BCUT2D eigenvalue weighted by atomic mass is 10.1. The van der Waals surface area contributed by atoms with Crippen LogP contribution in [0.1, 0.15) is 23.2 Å². The Balaban J connectivity index is 2.37. The molecular weight excluding hydrogens is 248 g/mol. The lowest BCUT2D eigenvalue weighted by Gasteiger charge is -2.00. The van der Waals surface area contributed by atoms with E-state index in [2.05, 4.69) is 10.1 Å². The molecule has 2 rings (SSSR count). The third-order valence-corrected chi connectivity index (χ3v) is 2.48. The van der Waals surface area contributed by atoms with Crippen LogP contribution < -0.4 is 0 Å². The van der Waals surface area contributed by atoms with Crippen LogP contribution in [0.15, 0.2) is 34.9 Å². The highest BCUT2D eigenvalue weighted by Gasteiger charge is 2.14. The molecule has 0 saturated heterocycles. The van der Waals surface area contributed by atoms with Crippen molar-refractivity contribution in [3.05, 3.63) is 41.8 Å². The summed E-state index contributed by atoms with van der Waals surface area (Å²) in [5.74, 6) is -0.615. The summed E-state index contributed by atoms with van der Waals surface area (Å²) in [6.45, 7) is 1.87. The first kappa shape index (κ1) is 12.8. The van der Waals surface area contributed by atoms with E-state index in [9.17, 15) is 9.90 Å². The Morgan fingerprint density at radius 3 is 2.95 bits per heavy atom. The highest BCUT2D eigenvalue weighted by molar-refractivity contribution is 5.89. The molecule has 0 spiro atoms. The number of carbonyl (C=O) groups is 1. The first-order valence-electron chi connectivity index (χ1n) is 5.62. The van der Waals surface area contributed by atoms with Crippen molar-refractivity contribution in [2.45, 2.75) is 13.3 Å². The van der Waals surface area contributed by atoms with Gasteiger partial charge in [-0.15, -0.1) is 0 Å². The third-order valence-electron chi connectivity index (χ3n) is 2.48. The molecule has 0 aliphatic heterocycles. The molecule has 98 valence electrons. The molecule has 0 saturated carbocycles. The summed E-state index contributed by atoms with van der Waals surface area (Å²) in [7, 11) is 0. The van der Waals surface area contributed by atoms with Crippen LogP contribution in [0.5, 0.6) is 5.75 Å². The lowest BCUT2D eigenvalue weighted by Crippen LogP contribution is -1.96. The molecule has 0 aliphatic carbocycles. The molecule has 2 aromatic rings. The van der Waals surface area contributed by atoms with Crippen LogP contribution in [0.3, 0.4) is 0 Å². The van der Waals surface area contributed by atoms with Gasteiger partial charge in [0.2, 0.25) is 11.7 Å². The van der Waals surface area contributed by atoms with E-state index in [-0.39, 0.29) is 22.7 Å². The molecule has 1 aromatic carbocycles. The molecule has 0 unspecified atom stereocenters. The Bertz CT molecular complexity index is 631. The number of phenolic OH excluding ortho intramolecular Hbond substituents is 1. The Hall–Kier alpha value is -2.63. The van der Waals surface area contributed by atoms with Crippen molar-refractivity contribution in [2.75, 3.05) is 0 Å². The summed E-state index contributed by atoms with van der Waals surface area (Å²) >= 11 is 0. The number of aromatic hydroxyl groups is 1. The van der Waals surface area contributed by atoms with E-state index >= 15 is 0 Å². The van der Waals surface area contributed by atoms with Crippen molar-refractivity contribution in [2.24, 2.45) is 0 Å². The fraction of sp³-hybridized carbons (Fsp3) is 0.154. The molecule has 1 aromatic heterocycles. The summed E-state index contributed by atoms with van der Waals surface area (Å²) in [6.07, 6.45) is 4.19. The first-order chi connectivity index (χ1) is 9.11. The Morgan fingerprint density at radius 1 is 1.47 bits per heavy atom. The van der Waals surface area contributed by atoms with Crippen LogP contribution in [0.2, 0.25) is 0 Å². The average molecular weight is 260 g/mol. The molecular formula is C13H12N2O4. The van der Waals surface area contributed by atoms with Gasteiger partial charge in [-0.25, -0.2) is 4.79 Å². The fourth-order valence-electron chi connectivity index (χ4n) is 1.51. The van der Waals surface area contributed by atoms with Gasteiger partial charge in [0.1, 0.15) is 5.75 Å². The van der Waals surface area contributed by atoms with Gasteiger partial charge in [0, 0.05) is 6.42 Å². The maximum absolute atomic E-state index is 10.9. The molecule has 19 heavy (non-hydrogen) atoms. The number of carboxylic acid groups (broad SMARTS) is 1. The van der Waals surface area contributed by atoms with E-state index in [0.29, 0.717) is 12.3 Å². The minimum absolute atomic E-state index is 0.0487. The average Bonchev–Trinajstić information content (AvgIpc) is 2.85. The van der Waals surface area contributed by atoms with Gasteiger partial charge in [-0.1, -0.05) is 17.3 Å². The van der Waals surface area contributed by atoms with E-state index < -0.39 is 5.97 Å². The van der Waals surface area contributed by atoms with Gasteiger partial charge < -0.3 is 14.7 Å². The predicted octanol–water partition coefficient (Wildman–Crippen LogP) is 2.26. The summed E-state index contributed by atoms with van der Waals surface area (Å²) < 4.78 is 5.01. The minimum atomic E-state index is -1.08. The number of allylic oxidation sites excluding steroid dienone is 2. The zero-order chi connectivity index (χ0) is 13.8. The van der Waals surface area contributed by atoms with Crippen molar-refractivity contribution < 1.29 is 19.5 Å². The van der Waals surface area contributed by atoms with Gasteiger partial charge >= 0.3 is 5.97 Å². The second kappa shape index (κ2) is 5.34. The Morgan fingerprint density at radius 2 is 2.26 bits per heavy atom. The minimum Gasteiger partial charge on any atom is -0.507 e. The molecule has 0 bridgehead atoms. The van der Waals surface area contributed by atoms with Crippen LogP contribution in [-0.2, 0) is 6.42 Å². The first-order valence-corrected chi connectivity index (χ1v) is 5.62. The highest BCUT2D eigenvalue weighted by atomic mass is 16.5. The second-order valence-electron chi connectivity index (χ2n) is 3.82. The maximum atomic E-state index is 10.9. The molecule has 2 N–H and O–H groups in total. The largest absolute Gasteiger partial charge is 0.507 e. The molecule has 6 heteroatoms. The van der Waals surface area contributed by atoms with Crippen LogP contribution in [0.4, 0.5) is 0 Å². The quantitative estimate of drug-likeness (QED) is 0.818. The fourth-order valence-corrected chi connectivity index (χ4v) is 1.51. The number of rotatable bonds is 4. The van der Waals surface area contributed by atoms with Gasteiger partial charge in [0.05, 0.1) is 11.1 Å².